The van der Waals surface area contributed by atoms with Gasteiger partial charge in [-0.05, 0) is 38.0 Å². The molecular weight excluding hydrogens is 543 g/mol. The number of halogens is 9. The molecule has 4 aliphatic rings. The van der Waals surface area contributed by atoms with Crippen LogP contribution in [0.25, 0.3) is 0 Å². The van der Waals surface area contributed by atoms with Crippen LogP contribution >= 0.6 is 0 Å². The molecule has 3 nitrogen and oxygen atoms in total. The van der Waals surface area contributed by atoms with Crippen molar-refractivity contribution in [1.82, 2.24) is 0 Å². The molecule has 0 spiro atoms. The average Bonchev–Trinajstić information content (AvgIpc) is 3.17. The van der Waals surface area contributed by atoms with Crippen molar-refractivity contribution in [2.75, 3.05) is 0 Å². The Hall–Kier alpha value is -3.57. The van der Waals surface area contributed by atoms with E-state index >= 15 is 26.3 Å². The molecule has 39 heavy (non-hydrogen) atoms. The summed E-state index contributed by atoms with van der Waals surface area (Å²) in [7, 11) is 0. The molecule has 3 aromatic carbocycles. The normalized spacial score (nSPS) is 29.0. The first-order chi connectivity index (χ1) is 18.2. The number of benzene rings is 3. The topological polar surface area (TPSA) is 60.7 Å². The van der Waals surface area contributed by atoms with Gasteiger partial charge in [-0.2, -0.15) is 0 Å². The van der Waals surface area contributed by atoms with E-state index in [-0.39, 0.29) is 37.5 Å². The molecule has 0 aliphatic heterocycles. The van der Waals surface area contributed by atoms with Crippen molar-refractivity contribution in [2.45, 2.75) is 48.3 Å². The number of phenols is 3. The fourth-order valence-electron chi connectivity index (χ4n) is 8.23. The van der Waals surface area contributed by atoms with Crippen molar-refractivity contribution >= 4 is 0 Å². The van der Waals surface area contributed by atoms with E-state index in [0.717, 1.165) is 0 Å². The van der Waals surface area contributed by atoms with Crippen LogP contribution in [0, 0.1) is 58.3 Å². The third kappa shape index (κ3) is 2.97. The van der Waals surface area contributed by atoms with E-state index in [1.807, 2.05) is 0 Å². The zero-order valence-electron chi connectivity index (χ0n) is 19.6. The van der Waals surface area contributed by atoms with Crippen LogP contribution in [-0.4, -0.2) is 15.3 Å². The van der Waals surface area contributed by atoms with Crippen molar-refractivity contribution in [3.8, 4) is 17.2 Å². The minimum atomic E-state index is -2.11. The summed E-state index contributed by atoms with van der Waals surface area (Å²) in [6.45, 7) is 0. The summed E-state index contributed by atoms with van der Waals surface area (Å²) in [6, 6.07) is 0.509. The largest absolute Gasteiger partial charge is 0.503 e. The molecule has 4 fully saturated rings. The smallest absolute Gasteiger partial charge is 0.188 e. The molecule has 2 unspecified atom stereocenters. The number of rotatable bonds is 3. The Kier molecular flexibility index (Phi) is 5.11. The molecule has 3 N–H and O–H groups in total. The Balaban J connectivity index is 1.73. The molecule has 0 amide bonds. The van der Waals surface area contributed by atoms with E-state index in [4.69, 9.17) is 0 Å². The number of phenolic OH excluding ortho intramolecular Hbond substituents is 3. The highest BCUT2D eigenvalue weighted by Crippen LogP contribution is 2.78. The minimum absolute atomic E-state index is 0.109. The van der Waals surface area contributed by atoms with Gasteiger partial charge in [-0.3, -0.25) is 0 Å². The van der Waals surface area contributed by atoms with Gasteiger partial charge in [0.25, 0.3) is 0 Å². The molecule has 0 saturated heterocycles. The molecule has 2 atom stereocenters. The first-order valence-corrected chi connectivity index (χ1v) is 11.8. The van der Waals surface area contributed by atoms with Crippen LogP contribution in [0.3, 0.4) is 0 Å². The summed E-state index contributed by atoms with van der Waals surface area (Å²) in [4.78, 5) is 0. The van der Waals surface area contributed by atoms with E-state index in [1.165, 1.54) is 0 Å². The van der Waals surface area contributed by atoms with Gasteiger partial charge in [0.2, 0.25) is 0 Å². The van der Waals surface area contributed by atoms with Crippen LogP contribution in [-0.2, 0) is 16.2 Å². The molecular formula is C27H17F9O3. The summed E-state index contributed by atoms with van der Waals surface area (Å²) in [5.74, 6) is -20.4. The lowest BCUT2D eigenvalue weighted by Gasteiger charge is -2.42. The Labute approximate surface area is 214 Å². The van der Waals surface area contributed by atoms with Crippen LogP contribution < -0.4 is 0 Å². The van der Waals surface area contributed by atoms with E-state index in [1.54, 1.807) is 0 Å². The molecule has 0 heterocycles. The second-order valence-electron chi connectivity index (χ2n) is 10.9. The highest BCUT2D eigenvalue weighted by atomic mass is 19.2. The highest BCUT2D eigenvalue weighted by Gasteiger charge is 2.75. The van der Waals surface area contributed by atoms with Gasteiger partial charge < -0.3 is 15.3 Å². The molecule has 4 aliphatic carbocycles. The predicted octanol–water partition coefficient (Wildman–Crippen LogP) is 6.78. The zero-order chi connectivity index (χ0) is 28.4. The molecule has 0 radical (unpaired) electrons. The van der Waals surface area contributed by atoms with Crippen LogP contribution in [0.2, 0.25) is 0 Å². The molecule has 4 bridgehead atoms. The quantitative estimate of drug-likeness (QED) is 0.310. The third-order valence-electron chi connectivity index (χ3n) is 9.08. The van der Waals surface area contributed by atoms with Crippen molar-refractivity contribution in [2.24, 2.45) is 5.92 Å². The molecule has 7 rings (SSSR count). The van der Waals surface area contributed by atoms with E-state index in [2.05, 4.69) is 0 Å². The van der Waals surface area contributed by atoms with Gasteiger partial charge in [0.05, 0.1) is 0 Å². The Morgan fingerprint density at radius 3 is 1.21 bits per heavy atom. The van der Waals surface area contributed by atoms with Gasteiger partial charge in [-0.1, -0.05) is 0 Å². The summed E-state index contributed by atoms with van der Waals surface area (Å²) < 4.78 is 134. The lowest BCUT2D eigenvalue weighted by molar-refractivity contribution is 0.199. The SMILES string of the molecule is Oc1c(F)cc(F)c(C23CC4CC(c5c(F)cc(F)c(O)c5F)(C2)C(c2c(F)cc(F)c(O)c2F)(C4)C3)c1F. The van der Waals surface area contributed by atoms with Crippen LogP contribution in [0.4, 0.5) is 39.5 Å². The first-order valence-electron chi connectivity index (χ1n) is 11.8. The summed E-state index contributed by atoms with van der Waals surface area (Å²) >= 11 is 0. The molecule has 0 aromatic heterocycles. The van der Waals surface area contributed by atoms with Gasteiger partial charge in [0, 0.05) is 51.1 Å². The zero-order valence-corrected chi connectivity index (χ0v) is 19.6. The van der Waals surface area contributed by atoms with Gasteiger partial charge in [-0.15, -0.1) is 0 Å². The van der Waals surface area contributed by atoms with Crippen molar-refractivity contribution in [3.63, 3.8) is 0 Å². The van der Waals surface area contributed by atoms with Crippen molar-refractivity contribution in [3.05, 3.63) is 87.2 Å². The Bertz CT molecular complexity index is 1530. The van der Waals surface area contributed by atoms with Crippen molar-refractivity contribution < 1.29 is 54.8 Å². The fraction of sp³-hybridized carbons (Fsp3) is 0.333. The third-order valence-corrected chi connectivity index (χ3v) is 9.08. The number of hydrogen-bond acceptors (Lipinski definition) is 3. The second kappa shape index (κ2) is 7.76. The van der Waals surface area contributed by atoms with Gasteiger partial charge in [-0.25, -0.2) is 39.5 Å². The average molecular weight is 560 g/mol. The van der Waals surface area contributed by atoms with Gasteiger partial charge >= 0.3 is 0 Å². The van der Waals surface area contributed by atoms with Gasteiger partial charge in [0.15, 0.2) is 52.2 Å². The molecule has 206 valence electrons. The van der Waals surface area contributed by atoms with Crippen molar-refractivity contribution in [1.29, 1.82) is 0 Å². The van der Waals surface area contributed by atoms with Crippen LogP contribution in [0.1, 0.15) is 48.8 Å². The molecule has 3 aromatic rings. The standard InChI is InChI=1S/C27H17F9O3/c28-10-1-13(31)22(37)19(34)16(10)25-4-9-5-26(7-25,17-11(29)2-14(32)23(38)20(17)35)27(6-9,8-25)18-12(30)3-15(33)24(39)21(18)36/h1-3,9,37-39H,4-8H2. The summed E-state index contributed by atoms with van der Waals surface area (Å²) in [5.41, 5.74) is -8.93. The Morgan fingerprint density at radius 1 is 0.487 bits per heavy atom. The number of hydrogen-bond donors (Lipinski definition) is 3. The molecule has 4 saturated carbocycles. The van der Waals surface area contributed by atoms with Crippen LogP contribution in [0.15, 0.2) is 18.2 Å². The highest BCUT2D eigenvalue weighted by molar-refractivity contribution is 5.56. The first kappa shape index (κ1) is 25.7. The maximum Gasteiger partial charge on any atom is 0.188 e. The predicted molar refractivity (Wildman–Crippen MR) is 116 cm³/mol. The summed E-state index contributed by atoms with van der Waals surface area (Å²) in [6.07, 6.45) is -1.87. The summed E-state index contributed by atoms with van der Waals surface area (Å²) in [5, 5.41) is 29.9. The van der Waals surface area contributed by atoms with Gasteiger partial charge in [0.1, 0.15) is 17.5 Å². The maximum absolute atomic E-state index is 15.5. The lowest BCUT2D eigenvalue weighted by atomic mass is 9.60. The Morgan fingerprint density at radius 2 is 0.821 bits per heavy atom. The van der Waals surface area contributed by atoms with E-state index < -0.39 is 121 Å². The second-order valence-corrected chi connectivity index (χ2v) is 10.9. The minimum Gasteiger partial charge on any atom is -0.503 e. The molecule has 12 heteroatoms. The fourth-order valence-corrected chi connectivity index (χ4v) is 8.23. The lowest BCUT2D eigenvalue weighted by Crippen LogP contribution is -2.43. The van der Waals surface area contributed by atoms with E-state index in [9.17, 15) is 28.5 Å². The monoisotopic (exact) mass is 560 g/mol. The van der Waals surface area contributed by atoms with E-state index in [0.29, 0.717) is 0 Å². The number of aromatic hydroxyl groups is 3. The van der Waals surface area contributed by atoms with Crippen LogP contribution in [0.5, 0.6) is 17.2 Å². The maximum atomic E-state index is 15.5.